The highest BCUT2D eigenvalue weighted by molar-refractivity contribution is 5.96. The molecule has 0 radical (unpaired) electrons. The summed E-state index contributed by atoms with van der Waals surface area (Å²) in [6, 6.07) is 17.3. The van der Waals surface area contributed by atoms with Gasteiger partial charge in [-0.2, -0.15) is 5.26 Å². The summed E-state index contributed by atoms with van der Waals surface area (Å²) in [4.78, 5) is 29.3. The fraction of sp³-hybridized carbons (Fsp3) is 0.423. The number of carbonyl (C=O) groups excluding carboxylic acids is 2. The average molecular weight is 433 g/mol. The van der Waals surface area contributed by atoms with E-state index in [4.69, 9.17) is 5.26 Å². The Bertz CT molecular complexity index is 969. The normalized spacial score (nSPS) is 15.0. The van der Waals surface area contributed by atoms with Gasteiger partial charge in [-0.1, -0.05) is 45.0 Å². The van der Waals surface area contributed by atoms with Gasteiger partial charge < -0.3 is 10.2 Å². The zero-order valence-corrected chi connectivity index (χ0v) is 19.2. The summed E-state index contributed by atoms with van der Waals surface area (Å²) < 4.78 is 0. The highest BCUT2D eigenvalue weighted by atomic mass is 16.2. The monoisotopic (exact) mass is 432 g/mol. The zero-order chi connectivity index (χ0) is 23.1. The average Bonchev–Trinajstić information content (AvgIpc) is 3.03. The second kappa shape index (κ2) is 10.4. The van der Waals surface area contributed by atoms with Crippen molar-refractivity contribution < 1.29 is 9.59 Å². The van der Waals surface area contributed by atoms with Gasteiger partial charge >= 0.3 is 0 Å². The van der Waals surface area contributed by atoms with Crippen molar-refractivity contribution in [3.05, 3.63) is 70.8 Å². The molecule has 0 bridgehead atoms. The Balaban J connectivity index is 1.47. The summed E-state index contributed by atoms with van der Waals surface area (Å²) in [5.41, 5.74) is 3.59. The van der Waals surface area contributed by atoms with Crippen molar-refractivity contribution in [2.75, 3.05) is 32.7 Å². The molecule has 0 aromatic heterocycles. The molecule has 1 aliphatic rings. The van der Waals surface area contributed by atoms with E-state index < -0.39 is 0 Å². The first-order chi connectivity index (χ1) is 15.3. The number of hydrogen-bond donors (Lipinski definition) is 1. The van der Waals surface area contributed by atoms with E-state index in [1.807, 2.05) is 53.4 Å². The van der Waals surface area contributed by atoms with E-state index in [0.29, 0.717) is 24.2 Å². The molecule has 0 unspecified atom stereocenters. The van der Waals surface area contributed by atoms with Crippen LogP contribution < -0.4 is 5.32 Å². The van der Waals surface area contributed by atoms with Crippen molar-refractivity contribution >= 4 is 11.8 Å². The fourth-order valence-electron chi connectivity index (χ4n) is 3.81. The van der Waals surface area contributed by atoms with Gasteiger partial charge in [0.2, 0.25) is 5.91 Å². The summed E-state index contributed by atoms with van der Waals surface area (Å²) in [6.45, 7) is 10.2. The molecular formula is C26H32N4O2. The van der Waals surface area contributed by atoms with Gasteiger partial charge in [0.05, 0.1) is 18.2 Å². The van der Waals surface area contributed by atoms with Crippen LogP contribution in [0.5, 0.6) is 0 Å². The number of rotatable bonds is 5. The quantitative estimate of drug-likeness (QED) is 0.786. The van der Waals surface area contributed by atoms with Crippen molar-refractivity contribution in [3.63, 3.8) is 0 Å². The molecule has 0 spiro atoms. The lowest BCUT2D eigenvalue weighted by atomic mass is 9.87. The molecule has 2 aromatic carbocycles. The van der Waals surface area contributed by atoms with Crippen LogP contribution >= 0.6 is 0 Å². The number of nitriles is 1. The largest absolute Gasteiger partial charge is 0.343 e. The maximum atomic E-state index is 12.7. The van der Waals surface area contributed by atoms with Crippen LogP contribution in [0.4, 0.5) is 0 Å². The second-order valence-electron chi connectivity index (χ2n) is 9.33. The predicted octanol–water partition coefficient (Wildman–Crippen LogP) is 3.32. The third kappa shape index (κ3) is 6.41. The first-order valence-electron chi connectivity index (χ1n) is 11.1. The number of hydrogen-bond acceptors (Lipinski definition) is 4. The van der Waals surface area contributed by atoms with E-state index in [1.165, 1.54) is 5.56 Å². The van der Waals surface area contributed by atoms with Crippen LogP contribution in [-0.2, 0) is 16.8 Å². The van der Waals surface area contributed by atoms with E-state index in [2.05, 4.69) is 37.1 Å². The molecule has 1 aliphatic heterocycles. The maximum absolute atomic E-state index is 12.7. The molecule has 1 fully saturated rings. The number of nitrogens with zero attached hydrogens (tertiary/aromatic N) is 3. The molecule has 1 heterocycles. The topological polar surface area (TPSA) is 76.4 Å². The van der Waals surface area contributed by atoms with Crippen LogP contribution in [0.2, 0.25) is 0 Å². The third-order valence-corrected chi connectivity index (χ3v) is 5.84. The Morgan fingerprint density at radius 3 is 2.28 bits per heavy atom. The molecule has 3 rings (SSSR count). The first kappa shape index (κ1) is 23.5. The molecule has 0 aliphatic carbocycles. The SMILES string of the molecule is CC(C)(C)c1ccc(C(=O)NCC(=O)N2CCCN(Cc3ccc(C#N)cc3)CC2)cc1. The summed E-state index contributed by atoms with van der Waals surface area (Å²) in [5, 5.41) is 11.7. The molecule has 1 N–H and O–H groups in total. The third-order valence-electron chi connectivity index (χ3n) is 5.84. The van der Waals surface area contributed by atoms with Crippen LogP contribution in [0, 0.1) is 11.3 Å². The lowest BCUT2D eigenvalue weighted by molar-refractivity contribution is -0.130. The highest BCUT2D eigenvalue weighted by Crippen LogP contribution is 2.22. The number of nitrogens with one attached hydrogen (secondary N) is 1. The number of carbonyl (C=O) groups is 2. The van der Waals surface area contributed by atoms with Gasteiger partial charge in [-0.3, -0.25) is 14.5 Å². The van der Waals surface area contributed by atoms with Crippen molar-refractivity contribution in [1.29, 1.82) is 5.26 Å². The summed E-state index contributed by atoms with van der Waals surface area (Å²) in [5.74, 6) is -0.277. The lowest BCUT2D eigenvalue weighted by Gasteiger charge is -2.22. The predicted molar refractivity (Wildman–Crippen MR) is 125 cm³/mol. The van der Waals surface area contributed by atoms with E-state index in [1.54, 1.807) is 0 Å². The molecule has 6 nitrogen and oxygen atoms in total. The molecular weight excluding hydrogens is 400 g/mol. The minimum Gasteiger partial charge on any atom is -0.343 e. The van der Waals surface area contributed by atoms with E-state index in [9.17, 15) is 9.59 Å². The minimum atomic E-state index is -0.226. The van der Waals surface area contributed by atoms with E-state index >= 15 is 0 Å². The van der Waals surface area contributed by atoms with Crippen molar-refractivity contribution in [1.82, 2.24) is 15.1 Å². The summed E-state index contributed by atoms with van der Waals surface area (Å²) in [7, 11) is 0. The van der Waals surface area contributed by atoms with Gasteiger partial charge in [0.25, 0.3) is 5.91 Å². The molecule has 6 heteroatoms. The van der Waals surface area contributed by atoms with Gasteiger partial charge in [0.1, 0.15) is 0 Å². The lowest BCUT2D eigenvalue weighted by Crippen LogP contribution is -2.42. The zero-order valence-electron chi connectivity index (χ0n) is 19.2. The van der Waals surface area contributed by atoms with E-state index in [-0.39, 0.29) is 23.8 Å². The molecule has 2 aromatic rings. The van der Waals surface area contributed by atoms with Gasteiger partial charge in [0.15, 0.2) is 0 Å². The van der Waals surface area contributed by atoms with E-state index in [0.717, 1.165) is 31.6 Å². The molecule has 0 saturated carbocycles. The number of benzene rings is 2. The van der Waals surface area contributed by atoms with Gasteiger partial charge in [0, 0.05) is 38.3 Å². The number of amides is 2. The summed E-state index contributed by atoms with van der Waals surface area (Å²) >= 11 is 0. The van der Waals surface area contributed by atoms with Crippen LogP contribution in [-0.4, -0.2) is 54.3 Å². The maximum Gasteiger partial charge on any atom is 0.251 e. The van der Waals surface area contributed by atoms with Crippen LogP contribution in [0.3, 0.4) is 0 Å². The van der Waals surface area contributed by atoms with Crippen LogP contribution in [0.1, 0.15) is 54.2 Å². The fourth-order valence-corrected chi connectivity index (χ4v) is 3.81. The molecule has 0 atom stereocenters. The minimum absolute atomic E-state index is 0.00940. The molecule has 1 saturated heterocycles. The van der Waals surface area contributed by atoms with Gasteiger partial charge in [-0.05, 0) is 47.2 Å². The van der Waals surface area contributed by atoms with Gasteiger partial charge in [-0.15, -0.1) is 0 Å². The first-order valence-corrected chi connectivity index (χ1v) is 11.1. The molecule has 32 heavy (non-hydrogen) atoms. The van der Waals surface area contributed by atoms with Crippen LogP contribution in [0.15, 0.2) is 48.5 Å². The Hall–Kier alpha value is -3.17. The Morgan fingerprint density at radius 2 is 1.66 bits per heavy atom. The Kier molecular flexibility index (Phi) is 7.66. The molecule has 2 amide bonds. The van der Waals surface area contributed by atoms with Crippen molar-refractivity contribution in [2.45, 2.75) is 39.2 Å². The van der Waals surface area contributed by atoms with Crippen molar-refractivity contribution in [2.24, 2.45) is 0 Å². The van der Waals surface area contributed by atoms with Crippen LogP contribution in [0.25, 0.3) is 0 Å². The summed E-state index contributed by atoms with van der Waals surface area (Å²) in [6.07, 6.45) is 0.893. The Labute approximate surface area is 190 Å². The molecule has 168 valence electrons. The highest BCUT2D eigenvalue weighted by Gasteiger charge is 2.20. The Morgan fingerprint density at radius 1 is 0.969 bits per heavy atom. The van der Waals surface area contributed by atoms with Gasteiger partial charge in [-0.25, -0.2) is 0 Å². The smallest absolute Gasteiger partial charge is 0.251 e. The van der Waals surface area contributed by atoms with Crippen molar-refractivity contribution in [3.8, 4) is 6.07 Å². The second-order valence-corrected chi connectivity index (χ2v) is 9.33. The standard InChI is InChI=1S/C26H32N4O2/c1-26(2,3)23-11-9-22(10-12-23)25(32)28-18-24(31)30-14-4-13-29(15-16-30)19-21-7-5-20(17-27)6-8-21/h5-12H,4,13-16,18-19H2,1-3H3,(H,28,32).